The number of aryl methyl sites for hydroxylation is 1. The molecule has 1 aromatic carbocycles. The minimum atomic E-state index is 0.627. The minimum absolute atomic E-state index is 0.627. The number of aromatic amines is 1. The van der Waals surface area contributed by atoms with Gasteiger partial charge in [-0.2, -0.15) is 10.5 Å². The second-order valence-electron chi connectivity index (χ2n) is 6.23. The van der Waals surface area contributed by atoms with Crippen LogP contribution in [0.2, 0.25) is 0 Å². The molecule has 3 aromatic rings. The van der Waals surface area contributed by atoms with Crippen molar-refractivity contribution in [2.45, 2.75) is 32.1 Å². The highest BCUT2D eigenvalue weighted by Gasteiger charge is 2.19. The smallest absolute Gasteiger partial charge is 0.134 e. The molecular weight excluding hydrogens is 328 g/mol. The number of aliphatic imine (C=N–C) groups is 1. The molecule has 122 valence electrons. The topological polar surface area (TPSA) is 75.7 Å². The number of fused-ring (bicyclic) bond motifs is 2. The van der Waals surface area contributed by atoms with Gasteiger partial charge in [-0.15, -0.1) is 11.3 Å². The molecule has 0 aliphatic heterocycles. The number of benzene rings is 1. The van der Waals surface area contributed by atoms with Gasteiger partial charge in [-0.3, -0.25) is 0 Å². The van der Waals surface area contributed by atoms with Crippen LogP contribution in [0, 0.1) is 22.7 Å². The Morgan fingerprint density at radius 2 is 2.00 bits per heavy atom. The molecular formula is C20H16N4S. The lowest BCUT2D eigenvalue weighted by Gasteiger charge is -1.96. The van der Waals surface area contributed by atoms with Crippen LogP contribution in [0.25, 0.3) is 10.9 Å². The van der Waals surface area contributed by atoms with Gasteiger partial charge in [0.25, 0.3) is 0 Å². The van der Waals surface area contributed by atoms with Gasteiger partial charge in [-0.1, -0.05) is 6.42 Å². The van der Waals surface area contributed by atoms with E-state index in [9.17, 15) is 5.26 Å². The van der Waals surface area contributed by atoms with Crippen LogP contribution in [0.15, 0.2) is 29.4 Å². The molecule has 0 unspecified atom stereocenters. The Morgan fingerprint density at radius 3 is 2.84 bits per heavy atom. The van der Waals surface area contributed by atoms with E-state index in [0.29, 0.717) is 5.56 Å². The molecule has 1 aliphatic rings. The molecule has 2 aromatic heterocycles. The van der Waals surface area contributed by atoms with Crippen molar-refractivity contribution in [3.05, 3.63) is 51.5 Å². The van der Waals surface area contributed by atoms with Crippen molar-refractivity contribution in [3.63, 3.8) is 0 Å². The Labute approximate surface area is 150 Å². The molecule has 0 atom stereocenters. The average molecular weight is 344 g/mol. The number of nitrogens with zero attached hydrogens (tertiary/aromatic N) is 3. The maximum Gasteiger partial charge on any atom is 0.134 e. The fraction of sp³-hybridized carbons (Fsp3) is 0.250. The molecule has 25 heavy (non-hydrogen) atoms. The Bertz CT molecular complexity index is 1060. The average Bonchev–Trinajstić information content (AvgIpc) is 3.11. The lowest BCUT2D eigenvalue weighted by atomic mass is 10.1. The molecule has 0 radical (unpaired) electrons. The van der Waals surface area contributed by atoms with E-state index in [0.717, 1.165) is 46.3 Å². The summed E-state index contributed by atoms with van der Waals surface area (Å²) < 4.78 is 0. The highest BCUT2D eigenvalue weighted by Crippen LogP contribution is 2.38. The van der Waals surface area contributed by atoms with Gasteiger partial charge in [0.05, 0.1) is 17.2 Å². The van der Waals surface area contributed by atoms with Crippen molar-refractivity contribution in [1.82, 2.24) is 4.98 Å². The van der Waals surface area contributed by atoms with Gasteiger partial charge in [0.15, 0.2) is 0 Å². The first-order valence-electron chi connectivity index (χ1n) is 8.40. The molecule has 1 aliphatic carbocycles. The summed E-state index contributed by atoms with van der Waals surface area (Å²) in [6, 6.07) is 10.1. The van der Waals surface area contributed by atoms with Crippen molar-refractivity contribution in [2.24, 2.45) is 4.99 Å². The number of H-pyrrole nitrogens is 1. The van der Waals surface area contributed by atoms with E-state index in [1.54, 1.807) is 23.6 Å². The maximum atomic E-state index is 9.59. The number of hydrogen-bond donors (Lipinski definition) is 1. The first kappa shape index (κ1) is 15.6. The molecule has 0 amide bonds. The van der Waals surface area contributed by atoms with E-state index >= 15 is 0 Å². The zero-order chi connectivity index (χ0) is 17.2. The van der Waals surface area contributed by atoms with E-state index in [1.165, 1.54) is 23.3 Å². The van der Waals surface area contributed by atoms with Crippen molar-refractivity contribution in [2.75, 3.05) is 0 Å². The molecule has 0 saturated heterocycles. The first-order chi connectivity index (χ1) is 12.3. The largest absolute Gasteiger partial charge is 0.361 e. The summed E-state index contributed by atoms with van der Waals surface area (Å²) in [7, 11) is 0. The van der Waals surface area contributed by atoms with Crippen LogP contribution in [0.5, 0.6) is 0 Å². The number of hydrogen-bond acceptors (Lipinski definition) is 4. The van der Waals surface area contributed by atoms with Gasteiger partial charge in [0.2, 0.25) is 0 Å². The predicted molar refractivity (Wildman–Crippen MR) is 101 cm³/mol. The summed E-state index contributed by atoms with van der Waals surface area (Å²) in [5, 5.41) is 20.5. The summed E-state index contributed by atoms with van der Waals surface area (Å²) in [4.78, 5) is 9.15. The molecule has 0 saturated carbocycles. The van der Waals surface area contributed by atoms with Gasteiger partial charge in [0, 0.05) is 33.8 Å². The van der Waals surface area contributed by atoms with Crippen LogP contribution < -0.4 is 0 Å². The summed E-state index contributed by atoms with van der Waals surface area (Å²) >= 11 is 1.65. The third-order valence-corrected chi connectivity index (χ3v) is 5.88. The third kappa shape index (κ3) is 2.84. The molecule has 5 heteroatoms. The van der Waals surface area contributed by atoms with Crippen molar-refractivity contribution in [3.8, 4) is 12.1 Å². The van der Waals surface area contributed by atoms with Crippen LogP contribution in [-0.2, 0) is 12.8 Å². The zero-order valence-corrected chi connectivity index (χ0v) is 14.5. The fourth-order valence-electron chi connectivity index (χ4n) is 3.38. The maximum absolute atomic E-state index is 9.59. The van der Waals surface area contributed by atoms with Gasteiger partial charge in [0.1, 0.15) is 11.1 Å². The summed E-state index contributed by atoms with van der Waals surface area (Å²) in [5.41, 5.74) is 4.49. The van der Waals surface area contributed by atoms with Crippen LogP contribution in [0.4, 0.5) is 5.00 Å². The Hall–Kier alpha value is -2.89. The normalized spacial score (nSPS) is 14.2. The van der Waals surface area contributed by atoms with Gasteiger partial charge in [-0.25, -0.2) is 4.99 Å². The highest BCUT2D eigenvalue weighted by molar-refractivity contribution is 7.16. The van der Waals surface area contributed by atoms with Crippen LogP contribution >= 0.6 is 11.3 Å². The second-order valence-corrected chi connectivity index (χ2v) is 7.31. The summed E-state index contributed by atoms with van der Waals surface area (Å²) in [5.74, 6) is 0. The molecule has 0 fully saturated rings. The number of aromatic nitrogens is 1. The fourth-order valence-corrected chi connectivity index (χ4v) is 4.56. The predicted octanol–water partition coefficient (Wildman–Crippen LogP) is 4.99. The van der Waals surface area contributed by atoms with E-state index in [1.807, 2.05) is 18.3 Å². The van der Waals surface area contributed by atoms with Crippen LogP contribution in [0.3, 0.4) is 0 Å². The van der Waals surface area contributed by atoms with E-state index in [2.05, 4.69) is 22.1 Å². The molecule has 2 heterocycles. The van der Waals surface area contributed by atoms with Crippen LogP contribution in [-0.4, -0.2) is 11.2 Å². The third-order valence-electron chi connectivity index (χ3n) is 4.68. The second kappa shape index (κ2) is 6.55. The monoisotopic (exact) mass is 344 g/mol. The minimum Gasteiger partial charge on any atom is -0.361 e. The van der Waals surface area contributed by atoms with E-state index < -0.39 is 0 Å². The standard InChI is InChI=1S/C20H16N4S/c21-9-13-6-7-18-16(8-13)14(11-23-18)12-24-20-17(10-22)15-4-2-1-3-5-19(15)25-20/h6-8,11-12,23H,1-5H2/b24-12+. The number of nitriles is 2. The molecule has 0 bridgehead atoms. The Balaban J connectivity index is 1.74. The van der Waals surface area contributed by atoms with E-state index in [-0.39, 0.29) is 0 Å². The molecule has 0 spiro atoms. The molecule has 4 rings (SSSR count). The van der Waals surface area contributed by atoms with E-state index in [4.69, 9.17) is 5.26 Å². The first-order valence-corrected chi connectivity index (χ1v) is 9.21. The lowest BCUT2D eigenvalue weighted by Crippen LogP contribution is -1.87. The highest BCUT2D eigenvalue weighted by atomic mass is 32.1. The molecule has 4 nitrogen and oxygen atoms in total. The van der Waals surface area contributed by atoms with Crippen molar-refractivity contribution in [1.29, 1.82) is 10.5 Å². The van der Waals surface area contributed by atoms with Gasteiger partial charge in [-0.05, 0) is 49.4 Å². The number of nitrogens with one attached hydrogen (secondary N) is 1. The zero-order valence-electron chi connectivity index (χ0n) is 13.7. The Morgan fingerprint density at radius 1 is 1.12 bits per heavy atom. The van der Waals surface area contributed by atoms with Crippen molar-refractivity contribution < 1.29 is 0 Å². The summed E-state index contributed by atoms with van der Waals surface area (Å²) in [6.07, 6.45) is 9.32. The Kier molecular flexibility index (Phi) is 4.09. The quantitative estimate of drug-likeness (QED) is 0.525. The number of thiophene rings is 1. The van der Waals surface area contributed by atoms with Gasteiger partial charge < -0.3 is 4.98 Å². The SMILES string of the molecule is N#Cc1ccc2[nH]cc(/C=N/c3sc4c(c3C#N)CCCCC4)c2c1. The summed E-state index contributed by atoms with van der Waals surface area (Å²) in [6.45, 7) is 0. The lowest BCUT2D eigenvalue weighted by molar-refractivity contribution is 0.712. The van der Waals surface area contributed by atoms with Gasteiger partial charge >= 0.3 is 0 Å². The number of rotatable bonds is 2. The van der Waals surface area contributed by atoms with Crippen molar-refractivity contribution >= 4 is 33.5 Å². The van der Waals surface area contributed by atoms with Crippen LogP contribution in [0.1, 0.15) is 46.4 Å². The molecule has 1 N–H and O–H groups in total.